The average Bonchev–Trinajstić information content (AvgIpc) is 3.51. The summed E-state index contributed by atoms with van der Waals surface area (Å²) in [7, 11) is 0. The van der Waals surface area contributed by atoms with E-state index in [-0.39, 0.29) is 23.1 Å². The van der Waals surface area contributed by atoms with Gasteiger partial charge in [-0.3, -0.25) is 14.5 Å². The third-order valence-electron chi connectivity index (χ3n) is 7.40. The number of nitrogens with zero attached hydrogens (tertiary/aromatic N) is 3. The molecule has 2 saturated heterocycles. The highest BCUT2D eigenvalue weighted by Gasteiger charge is 2.39. The number of piperazine rings is 1. The second-order valence-corrected chi connectivity index (χ2v) is 9.14. The van der Waals surface area contributed by atoms with Crippen molar-refractivity contribution in [2.75, 3.05) is 32.7 Å². The summed E-state index contributed by atoms with van der Waals surface area (Å²) in [5, 5.41) is 12.3. The minimum atomic E-state index is -0.420. The molecule has 2 aromatic rings. The van der Waals surface area contributed by atoms with Crippen LogP contribution in [0.1, 0.15) is 48.9 Å². The van der Waals surface area contributed by atoms with Crippen LogP contribution in [0.25, 0.3) is 10.8 Å². The summed E-state index contributed by atoms with van der Waals surface area (Å²) in [6.07, 6.45) is 6.73. The summed E-state index contributed by atoms with van der Waals surface area (Å²) >= 11 is 0. The molecule has 31 heavy (non-hydrogen) atoms. The van der Waals surface area contributed by atoms with Crippen molar-refractivity contribution in [2.24, 2.45) is 0 Å². The smallest absolute Gasteiger partial charge is 0.258 e. The third-order valence-corrected chi connectivity index (χ3v) is 7.40. The predicted octanol–water partition coefficient (Wildman–Crippen LogP) is 3.24. The number of phenols is 1. The van der Waals surface area contributed by atoms with Gasteiger partial charge in [-0.2, -0.15) is 0 Å². The van der Waals surface area contributed by atoms with Gasteiger partial charge in [0.2, 0.25) is 5.91 Å². The van der Waals surface area contributed by atoms with Crippen LogP contribution in [0.5, 0.6) is 5.75 Å². The molecule has 164 valence electrons. The maximum atomic E-state index is 13.3. The lowest BCUT2D eigenvalue weighted by Crippen LogP contribution is -2.55. The molecular weight excluding hydrogens is 390 g/mol. The van der Waals surface area contributed by atoms with Crippen LogP contribution in [0, 0.1) is 0 Å². The van der Waals surface area contributed by atoms with E-state index >= 15 is 0 Å². The fourth-order valence-corrected chi connectivity index (χ4v) is 5.64. The van der Waals surface area contributed by atoms with Crippen molar-refractivity contribution in [3.63, 3.8) is 0 Å². The summed E-state index contributed by atoms with van der Waals surface area (Å²) in [5.74, 6) is -0.174. The maximum Gasteiger partial charge on any atom is 0.258 e. The van der Waals surface area contributed by atoms with Crippen LogP contribution in [0.4, 0.5) is 0 Å². The van der Waals surface area contributed by atoms with Gasteiger partial charge in [0.15, 0.2) is 0 Å². The molecule has 1 saturated carbocycles. The lowest BCUT2D eigenvalue weighted by molar-refractivity contribution is -0.137. The van der Waals surface area contributed by atoms with Crippen LogP contribution in [-0.4, -0.2) is 76.4 Å². The minimum Gasteiger partial charge on any atom is -0.506 e. The Labute approximate surface area is 183 Å². The van der Waals surface area contributed by atoms with E-state index in [4.69, 9.17) is 0 Å². The predicted molar refractivity (Wildman–Crippen MR) is 120 cm³/mol. The molecule has 2 heterocycles. The number of hydrogen-bond donors (Lipinski definition) is 1. The zero-order valence-electron chi connectivity index (χ0n) is 18.0. The molecule has 3 aliphatic rings. The van der Waals surface area contributed by atoms with Crippen LogP contribution < -0.4 is 0 Å². The molecule has 1 N–H and O–H groups in total. The Kier molecular flexibility index (Phi) is 5.57. The number of carbonyl (C=O) groups excluding carboxylic acids is 2. The molecule has 1 aliphatic carbocycles. The summed E-state index contributed by atoms with van der Waals surface area (Å²) < 4.78 is 0. The van der Waals surface area contributed by atoms with Gasteiger partial charge in [0, 0.05) is 44.2 Å². The summed E-state index contributed by atoms with van der Waals surface area (Å²) in [5.41, 5.74) is 0.282. The number of carbonyl (C=O) groups is 2. The molecule has 0 aromatic heterocycles. The highest BCUT2D eigenvalue weighted by molar-refractivity contribution is 6.05. The van der Waals surface area contributed by atoms with Crippen molar-refractivity contribution >= 4 is 22.6 Å². The molecule has 5 rings (SSSR count). The van der Waals surface area contributed by atoms with E-state index in [1.807, 2.05) is 35.2 Å². The van der Waals surface area contributed by atoms with Crippen LogP contribution >= 0.6 is 0 Å². The fourth-order valence-electron chi connectivity index (χ4n) is 5.64. The van der Waals surface area contributed by atoms with E-state index < -0.39 is 6.04 Å². The monoisotopic (exact) mass is 421 g/mol. The molecule has 0 bridgehead atoms. The molecule has 3 fully saturated rings. The Bertz CT molecular complexity index is 977. The second-order valence-electron chi connectivity index (χ2n) is 9.14. The maximum absolute atomic E-state index is 13.3. The Hall–Kier alpha value is -2.60. The normalized spacial score (nSPS) is 23.0. The molecule has 2 amide bonds. The minimum absolute atomic E-state index is 0.00590. The molecule has 0 radical (unpaired) electrons. The van der Waals surface area contributed by atoms with Crippen molar-refractivity contribution in [1.29, 1.82) is 0 Å². The summed E-state index contributed by atoms with van der Waals surface area (Å²) in [6, 6.07) is 11.3. The first-order chi connectivity index (χ1) is 15.1. The molecule has 2 aliphatic heterocycles. The third kappa shape index (κ3) is 3.78. The van der Waals surface area contributed by atoms with Gasteiger partial charge < -0.3 is 14.9 Å². The SMILES string of the molecule is O=C(C1CCCN1C(=O)c1ccc2ccccc2c1O)N1CCN(C2CCCC2)CC1. The topological polar surface area (TPSA) is 64.1 Å². The van der Waals surface area contributed by atoms with Crippen molar-refractivity contribution in [2.45, 2.75) is 50.6 Å². The van der Waals surface area contributed by atoms with Gasteiger partial charge in [-0.25, -0.2) is 0 Å². The number of benzene rings is 2. The van der Waals surface area contributed by atoms with E-state index in [1.54, 1.807) is 11.0 Å². The van der Waals surface area contributed by atoms with Gasteiger partial charge in [-0.15, -0.1) is 0 Å². The first-order valence-corrected chi connectivity index (χ1v) is 11.7. The fraction of sp³-hybridized carbons (Fsp3) is 0.520. The van der Waals surface area contributed by atoms with Gasteiger partial charge >= 0.3 is 0 Å². The average molecular weight is 422 g/mol. The van der Waals surface area contributed by atoms with Gasteiger partial charge in [0.05, 0.1) is 5.56 Å². The van der Waals surface area contributed by atoms with Crippen molar-refractivity contribution in [1.82, 2.24) is 14.7 Å². The second kappa shape index (κ2) is 8.50. The molecule has 2 aromatic carbocycles. The Morgan fingerprint density at radius 1 is 0.839 bits per heavy atom. The Morgan fingerprint density at radius 3 is 2.35 bits per heavy atom. The van der Waals surface area contributed by atoms with Crippen molar-refractivity contribution in [3.05, 3.63) is 42.0 Å². The largest absolute Gasteiger partial charge is 0.506 e. The lowest BCUT2D eigenvalue weighted by atomic mass is 10.0. The Balaban J connectivity index is 1.29. The van der Waals surface area contributed by atoms with Crippen LogP contribution in [0.2, 0.25) is 0 Å². The molecular formula is C25H31N3O3. The van der Waals surface area contributed by atoms with Gasteiger partial charge in [0.25, 0.3) is 5.91 Å². The van der Waals surface area contributed by atoms with Crippen LogP contribution in [0.15, 0.2) is 36.4 Å². The molecule has 6 nitrogen and oxygen atoms in total. The highest BCUT2D eigenvalue weighted by atomic mass is 16.3. The zero-order chi connectivity index (χ0) is 21.4. The number of aromatic hydroxyl groups is 1. The van der Waals surface area contributed by atoms with Crippen molar-refractivity contribution < 1.29 is 14.7 Å². The van der Waals surface area contributed by atoms with Gasteiger partial charge in [-0.05, 0) is 37.1 Å². The highest BCUT2D eigenvalue weighted by Crippen LogP contribution is 2.32. The number of phenolic OH excluding ortho intramolecular Hbond substituents is 1. The first kappa shape index (κ1) is 20.3. The molecule has 1 unspecified atom stereocenters. The molecule has 0 spiro atoms. The van der Waals surface area contributed by atoms with E-state index in [1.165, 1.54) is 25.7 Å². The van der Waals surface area contributed by atoms with Crippen LogP contribution in [-0.2, 0) is 4.79 Å². The zero-order valence-corrected chi connectivity index (χ0v) is 18.0. The number of rotatable bonds is 3. The summed E-state index contributed by atoms with van der Waals surface area (Å²) in [4.78, 5) is 32.8. The summed E-state index contributed by atoms with van der Waals surface area (Å²) in [6.45, 7) is 3.92. The molecule has 1 atom stereocenters. The van der Waals surface area contributed by atoms with E-state index in [0.29, 0.717) is 24.4 Å². The number of likely N-dealkylation sites (tertiary alicyclic amines) is 1. The standard InChI is InChI=1S/C25H31N3O3/c29-23-20-9-4-1-6-18(20)11-12-21(23)24(30)28-13-5-10-22(28)25(31)27-16-14-26(15-17-27)19-7-2-3-8-19/h1,4,6,9,11-12,19,22,29H,2-3,5,7-8,10,13-17H2. The molecule has 6 heteroatoms. The van der Waals surface area contributed by atoms with E-state index in [2.05, 4.69) is 4.90 Å². The lowest BCUT2D eigenvalue weighted by Gasteiger charge is -2.39. The number of hydrogen-bond acceptors (Lipinski definition) is 4. The van der Waals surface area contributed by atoms with E-state index in [9.17, 15) is 14.7 Å². The van der Waals surface area contributed by atoms with Crippen molar-refractivity contribution in [3.8, 4) is 5.75 Å². The number of fused-ring (bicyclic) bond motifs is 1. The van der Waals surface area contributed by atoms with Crippen LogP contribution in [0.3, 0.4) is 0 Å². The Morgan fingerprint density at radius 2 is 1.58 bits per heavy atom. The first-order valence-electron chi connectivity index (χ1n) is 11.7. The van der Waals surface area contributed by atoms with Gasteiger partial charge in [-0.1, -0.05) is 43.2 Å². The van der Waals surface area contributed by atoms with E-state index in [0.717, 1.165) is 38.0 Å². The number of amides is 2. The quantitative estimate of drug-likeness (QED) is 0.827. The van der Waals surface area contributed by atoms with Gasteiger partial charge in [0.1, 0.15) is 11.8 Å².